The van der Waals surface area contributed by atoms with E-state index >= 15 is 0 Å². The van der Waals surface area contributed by atoms with Crippen LogP contribution in [-0.4, -0.2) is 9.78 Å². The molecule has 18 heavy (non-hydrogen) atoms. The summed E-state index contributed by atoms with van der Waals surface area (Å²) in [5.74, 6) is 0.435. The fourth-order valence-electron chi connectivity index (χ4n) is 1.82. The number of benzene rings is 1. The fraction of sp³-hybridized carbons (Fsp3) is 0.286. The zero-order valence-electron chi connectivity index (χ0n) is 10.3. The monoisotopic (exact) mass is 260 g/mol. The zero-order chi connectivity index (χ0) is 13.0. The summed E-state index contributed by atoms with van der Waals surface area (Å²) in [4.78, 5) is 12.0. The van der Waals surface area contributed by atoms with E-state index in [-0.39, 0.29) is 5.56 Å². The predicted molar refractivity (Wildman–Crippen MR) is 76.9 cm³/mol. The fourth-order valence-corrected chi connectivity index (χ4v) is 2.05. The van der Waals surface area contributed by atoms with Crippen LogP contribution in [0.15, 0.2) is 41.2 Å². The molecule has 0 atom stereocenters. The van der Waals surface area contributed by atoms with E-state index in [2.05, 4.69) is 17.7 Å². The summed E-state index contributed by atoms with van der Waals surface area (Å²) >= 11 is 4.21. The van der Waals surface area contributed by atoms with E-state index in [4.69, 9.17) is 0 Å². The van der Waals surface area contributed by atoms with E-state index in [9.17, 15) is 4.79 Å². The second-order valence-electron chi connectivity index (χ2n) is 4.11. The molecule has 0 saturated carbocycles. The maximum absolute atomic E-state index is 12.0. The Bertz CT molecular complexity index is 578. The van der Waals surface area contributed by atoms with Gasteiger partial charge in [0.15, 0.2) is 0 Å². The molecule has 0 spiro atoms. The van der Waals surface area contributed by atoms with Crippen molar-refractivity contribution in [1.29, 1.82) is 0 Å². The summed E-state index contributed by atoms with van der Waals surface area (Å²) < 4.78 is 1.54. The maximum Gasteiger partial charge on any atom is 0.270 e. The molecule has 0 aliphatic heterocycles. The van der Waals surface area contributed by atoms with Gasteiger partial charge in [0.2, 0.25) is 0 Å². The molecule has 0 aliphatic carbocycles. The summed E-state index contributed by atoms with van der Waals surface area (Å²) in [6, 6.07) is 11.7. The highest BCUT2D eigenvalue weighted by molar-refractivity contribution is 7.79. The number of thiol groups is 1. The maximum atomic E-state index is 12.0. The number of hydrogen-bond donors (Lipinski definition) is 1. The third kappa shape index (κ3) is 2.64. The summed E-state index contributed by atoms with van der Waals surface area (Å²) in [6.07, 6.45) is 0.886. The highest BCUT2D eigenvalue weighted by atomic mass is 32.1. The van der Waals surface area contributed by atoms with Gasteiger partial charge in [0.05, 0.1) is 5.69 Å². The van der Waals surface area contributed by atoms with Crippen molar-refractivity contribution in [2.24, 2.45) is 0 Å². The Hall–Kier alpha value is -1.55. The Morgan fingerprint density at radius 2 is 2.00 bits per heavy atom. The van der Waals surface area contributed by atoms with Crippen molar-refractivity contribution in [3.05, 3.63) is 52.3 Å². The lowest BCUT2D eigenvalue weighted by Gasteiger charge is -2.08. The van der Waals surface area contributed by atoms with Gasteiger partial charge in [-0.2, -0.15) is 17.7 Å². The number of aryl methyl sites for hydroxylation is 1. The Balaban J connectivity index is 2.55. The lowest BCUT2D eigenvalue weighted by atomic mass is 10.1. The van der Waals surface area contributed by atoms with Crippen LogP contribution < -0.4 is 5.56 Å². The molecule has 1 aromatic carbocycles. The predicted octanol–water partition coefficient (Wildman–Crippen LogP) is 2.75. The van der Waals surface area contributed by atoms with Crippen LogP contribution >= 0.6 is 12.6 Å². The van der Waals surface area contributed by atoms with Crippen LogP contribution in [0.4, 0.5) is 0 Å². The van der Waals surface area contributed by atoms with Crippen LogP contribution in [0.25, 0.3) is 11.3 Å². The first-order valence-corrected chi connectivity index (χ1v) is 6.66. The number of hydrogen-bond acceptors (Lipinski definition) is 3. The van der Waals surface area contributed by atoms with Crippen LogP contribution in [0, 0.1) is 0 Å². The van der Waals surface area contributed by atoms with E-state index in [1.54, 1.807) is 0 Å². The molecule has 1 heterocycles. The molecule has 0 aliphatic rings. The molecular formula is C14H16N2OS. The van der Waals surface area contributed by atoms with Gasteiger partial charge in [-0.1, -0.05) is 37.3 Å². The minimum Gasteiger partial charge on any atom is -0.267 e. The second kappa shape index (κ2) is 5.87. The van der Waals surface area contributed by atoms with Crippen LogP contribution in [0.1, 0.15) is 18.9 Å². The van der Waals surface area contributed by atoms with Gasteiger partial charge in [0.1, 0.15) is 0 Å². The van der Waals surface area contributed by atoms with Gasteiger partial charge in [-0.25, -0.2) is 4.68 Å². The molecule has 94 valence electrons. The summed E-state index contributed by atoms with van der Waals surface area (Å²) in [6.45, 7) is 2.67. The molecule has 4 heteroatoms. The van der Waals surface area contributed by atoms with Crippen molar-refractivity contribution in [3.63, 3.8) is 0 Å². The third-order valence-corrected chi connectivity index (χ3v) is 3.06. The molecule has 0 bridgehead atoms. The van der Waals surface area contributed by atoms with Gasteiger partial charge < -0.3 is 0 Å². The van der Waals surface area contributed by atoms with E-state index in [0.717, 1.165) is 17.7 Å². The minimum absolute atomic E-state index is 0.0356. The van der Waals surface area contributed by atoms with Gasteiger partial charge in [-0.05, 0) is 12.5 Å². The first kappa shape index (κ1) is 12.9. The lowest BCUT2D eigenvalue weighted by Crippen LogP contribution is -2.26. The second-order valence-corrected chi connectivity index (χ2v) is 4.42. The highest BCUT2D eigenvalue weighted by Gasteiger charge is 2.08. The number of aromatic nitrogens is 2. The smallest absolute Gasteiger partial charge is 0.267 e. The molecule has 0 unspecified atom stereocenters. The first-order chi connectivity index (χ1) is 8.76. The van der Waals surface area contributed by atoms with Crippen LogP contribution in [0.3, 0.4) is 0 Å². The van der Waals surface area contributed by atoms with Crippen molar-refractivity contribution < 1.29 is 0 Å². The summed E-state index contributed by atoms with van der Waals surface area (Å²) in [5, 5.41) is 4.41. The van der Waals surface area contributed by atoms with Crippen molar-refractivity contribution >= 4 is 12.6 Å². The molecule has 0 saturated heterocycles. The van der Waals surface area contributed by atoms with E-state index in [1.165, 1.54) is 4.68 Å². The largest absolute Gasteiger partial charge is 0.270 e. The third-order valence-electron chi connectivity index (χ3n) is 2.72. The van der Waals surface area contributed by atoms with Crippen LogP contribution in [0.2, 0.25) is 0 Å². The van der Waals surface area contributed by atoms with Gasteiger partial charge in [0, 0.05) is 23.4 Å². The van der Waals surface area contributed by atoms with E-state index < -0.39 is 0 Å². The van der Waals surface area contributed by atoms with Crippen LogP contribution in [0.5, 0.6) is 0 Å². The average molecular weight is 260 g/mol. The highest BCUT2D eigenvalue weighted by Crippen LogP contribution is 2.16. The van der Waals surface area contributed by atoms with Crippen molar-refractivity contribution in [2.75, 3.05) is 0 Å². The van der Waals surface area contributed by atoms with Gasteiger partial charge in [-0.15, -0.1) is 0 Å². The lowest BCUT2D eigenvalue weighted by molar-refractivity contribution is 0.567. The van der Waals surface area contributed by atoms with Crippen molar-refractivity contribution in [3.8, 4) is 11.3 Å². The normalized spacial score (nSPS) is 10.6. The minimum atomic E-state index is -0.0356. The van der Waals surface area contributed by atoms with Gasteiger partial charge >= 0.3 is 0 Å². The van der Waals surface area contributed by atoms with E-state index in [0.29, 0.717) is 17.9 Å². The van der Waals surface area contributed by atoms with Crippen molar-refractivity contribution in [2.45, 2.75) is 25.6 Å². The quantitative estimate of drug-likeness (QED) is 0.858. The SMILES string of the molecule is CCCn1nc(-c2ccccc2)cc(CS)c1=O. The molecule has 0 radical (unpaired) electrons. The van der Waals surface area contributed by atoms with E-state index in [1.807, 2.05) is 43.3 Å². The standard InChI is InChI=1S/C14H16N2OS/c1-2-8-16-14(17)12(10-18)9-13(15-16)11-6-4-3-5-7-11/h3-7,9,18H,2,8,10H2,1H3. The number of rotatable bonds is 4. The first-order valence-electron chi connectivity index (χ1n) is 6.03. The topological polar surface area (TPSA) is 34.9 Å². The summed E-state index contributed by atoms with van der Waals surface area (Å²) in [5.41, 5.74) is 2.50. The van der Waals surface area contributed by atoms with Crippen LogP contribution in [-0.2, 0) is 12.3 Å². The average Bonchev–Trinajstić information content (AvgIpc) is 2.42. The molecule has 0 fully saturated rings. The summed E-state index contributed by atoms with van der Waals surface area (Å²) in [7, 11) is 0. The molecule has 3 nitrogen and oxygen atoms in total. The van der Waals surface area contributed by atoms with Gasteiger partial charge in [0.25, 0.3) is 5.56 Å². The molecule has 2 aromatic rings. The van der Waals surface area contributed by atoms with Crippen molar-refractivity contribution in [1.82, 2.24) is 9.78 Å². The molecule has 0 amide bonds. The van der Waals surface area contributed by atoms with Gasteiger partial charge in [-0.3, -0.25) is 4.79 Å². The molecule has 1 aromatic heterocycles. The molecule has 2 rings (SSSR count). The Labute approximate surface area is 112 Å². The Kier molecular flexibility index (Phi) is 4.20. The number of nitrogens with zero attached hydrogens (tertiary/aromatic N) is 2. The molecular weight excluding hydrogens is 244 g/mol. The molecule has 0 N–H and O–H groups in total. The Morgan fingerprint density at radius 1 is 1.28 bits per heavy atom. The Morgan fingerprint density at radius 3 is 2.61 bits per heavy atom. The zero-order valence-corrected chi connectivity index (χ0v) is 11.2.